The first-order valence-corrected chi connectivity index (χ1v) is 6.44. The van der Waals surface area contributed by atoms with E-state index in [0.29, 0.717) is 12.1 Å². The maximum absolute atomic E-state index is 5.75. The largest absolute Gasteiger partial charge is 0.490 e. The van der Waals surface area contributed by atoms with Crippen LogP contribution in [0.4, 0.5) is 0 Å². The van der Waals surface area contributed by atoms with Crippen molar-refractivity contribution in [3.8, 4) is 5.75 Å². The number of rotatable bonds is 1. The van der Waals surface area contributed by atoms with E-state index in [2.05, 4.69) is 42.4 Å². The molecule has 1 saturated heterocycles. The molecule has 1 fully saturated rings. The average molecular weight is 232 g/mol. The molecule has 0 saturated carbocycles. The number of likely N-dealkylation sites (N-methyl/N-ethyl adjacent to an activating group) is 1. The first-order chi connectivity index (χ1) is 8.24. The summed E-state index contributed by atoms with van der Waals surface area (Å²) in [4.78, 5) is 2.43. The van der Waals surface area contributed by atoms with Crippen LogP contribution in [0.2, 0.25) is 0 Å². The summed E-state index contributed by atoms with van der Waals surface area (Å²) in [6.45, 7) is 5.40. The lowest BCUT2D eigenvalue weighted by atomic mass is 9.99. The van der Waals surface area contributed by atoms with Gasteiger partial charge in [-0.3, -0.25) is 4.90 Å². The molecular formula is C14H20N2O. The summed E-state index contributed by atoms with van der Waals surface area (Å²) >= 11 is 0. The highest BCUT2D eigenvalue weighted by Gasteiger charge is 2.24. The van der Waals surface area contributed by atoms with E-state index < -0.39 is 0 Å². The Balaban J connectivity index is 1.86. The highest BCUT2D eigenvalue weighted by molar-refractivity contribution is 5.41. The summed E-state index contributed by atoms with van der Waals surface area (Å²) in [6, 6.07) is 7.18. The van der Waals surface area contributed by atoms with Crippen molar-refractivity contribution in [2.24, 2.45) is 0 Å². The minimum absolute atomic E-state index is 0.336. The third-order valence-corrected chi connectivity index (χ3v) is 3.82. The molecule has 3 heteroatoms. The third-order valence-electron chi connectivity index (χ3n) is 3.82. The van der Waals surface area contributed by atoms with Gasteiger partial charge < -0.3 is 10.1 Å². The molecule has 0 bridgehead atoms. The van der Waals surface area contributed by atoms with E-state index >= 15 is 0 Å². The Morgan fingerprint density at radius 3 is 3.12 bits per heavy atom. The van der Waals surface area contributed by atoms with Gasteiger partial charge in [-0.25, -0.2) is 0 Å². The molecule has 0 radical (unpaired) electrons. The van der Waals surface area contributed by atoms with Crippen LogP contribution in [0, 0.1) is 0 Å². The van der Waals surface area contributed by atoms with Gasteiger partial charge in [-0.1, -0.05) is 12.1 Å². The quantitative estimate of drug-likeness (QED) is 0.795. The van der Waals surface area contributed by atoms with Crippen LogP contribution >= 0.6 is 0 Å². The SMILES string of the molecule is CC1Cc2cc(C3CNCCN3C)ccc2O1. The lowest BCUT2D eigenvalue weighted by Gasteiger charge is -2.33. The second kappa shape index (κ2) is 4.31. The Morgan fingerprint density at radius 1 is 1.41 bits per heavy atom. The number of benzene rings is 1. The number of hydrogen-bond donors (Lipinski definition) is 1. The number of nitrogens with one attached hydrogen (secondary N) is 1. The van der Waals surface area contributed by atoms with Crippen LogP contribution in [0.5, 0.6) is 5.75 Å². The van der Waals surface area contributed by atoms with Crippen molar-refractivity contribution in [2.45, 2.75) is 25.5 Å². The van der Waals surface area contributed by atoms with Crippen LogP contribution in [0.25, 0.3) is 0 Å². The van der Waals surface area contributed by atoms with Gasteiger partial charge in [0, 0.05) is 32.1 Å². The van der Waals surface area contributed by atoms with Crippen molar-refractivity contribution in [1.29, 1.82) is 0 Å². The van der Waals surface area contributed by atoms with Gasteiger partial charge in [0.1, 0.15) is 11.9 Å². The summed E-state index contributed by atoms with van der Waals surface area (Å²) < 4.78 is 5.75. The van der Waals surface area contributed by atoms with Crippen LogP contribution < -0.4 is 10.1 Å². The molecule has 2 atom stereocenters. The van der Waals surface area contributed by atoms with Gasteiger partial charge in [-0.2, -0.15) is 0 Å². The Hall–Kier alpha value is -1.06. The van der Waals surface area contributed by atoms with Crippen molar-refractivity contribution in [3.63, 3.8) is 0 Å². The fourth-order valence-electron chi connectivity index (χ4n) is 2.83. The molecule has 2 aliphatic rings. The maximum atomic E-state index is 5.75. The lowest BCUT2D eigenvalue weighted by Crippen LogP contribution is -2.43. The van der Waals surface area contributed by atoms with Crippen molar-refractivity contribution >= 4 is 0 Å². The van der Waals surface area contributed by atoms with E-state index in [0.717, 1.165) is 31.8 Å². The van der Waals surface area contributed by atoms with Gasteiger partial charge in [0.25, 0.3) is 0 Å². The van der Waals surface area contributed by atoms with Gasteiger partial charge in [0.05, 0.1) is 0 Å². The van der Waals surface area contributed by atoms with E-state index in [1.165, 1.54) is 11.1 Å². The molecule has 17 heavy (non-hydrogen) atoms. The van der Waals surface area contributed by atoms with E-state index in [1.54, 1.807) is 0 Å². The van der Waals surface area contributed by atoms with Crippen LogP contribution in [0.1, 0.15) is 24.1 Å². The standard InChI is InChI=1S/C14H20N2O/c1-10-7-12-8-11(3-4-14(12)17-10)13-9-15-5-6-16(13)2/h3-4,8,10,13,15H,5-7,9H2,1-2H3. The summed E-state index contributed by atoms with van der Waals surface area (Å²) in [5.41, 5.74) is 2.78. The van der Waals surface area contributed by atoms with E-state index in [4.69, 9.17) is 4.74 Å². The Labute approximate surface area is 103 Å². The van der Waals surface area contributed by atoms with E-state index in [-0.39, 0.29) is 0 Å². The molecule has 92 valence electrons. The minimum Gasteiger partial charge on any atom is -0.490 e. The Morgan fingerprint density at radius 2 is 2.29 bits per heavy atom. The smallest absolute Gasteiger partial charge is 0.123 e. The number of ether oxygens (including phenoxy) is 1. The molecule has 1 aromatic rings. The molecule has 2 unspecified atom stereocenters. The van der Waals surface area contributed by atoms with Gasteiger partial charge in [0.15, 0.2) is 0 Å². The van der Waals surface area contributed by atoms with Crippen molar-refractivity contribution in [2.75, 3.05) is 26.7 Å². The second-order valence-electron chi connectivity index (χ2n) is 5.20. The molecule has 0 aliphatic carbocycles. The molecule has 0 aromatic heterocycles. The summed E-state index contributed by atoms with van der Waals surface area (Å²) in [5, 5.41) is 3.47. The molecular weight excluding hydrogens is 212 g/mol. The number of fused-ring (bicyclic) bond motifs is 1. The monoisotopic (exact) mass is 232 g/mol. The molecule has 0 spiro atoms. The van der Waals surface area contributed by atoms with Gasteiger partial charge in [0.2, 0.25) is 0 Å². The van der Waals surface area contributed by atoms with Crippen molar-refractivity contribution < 1.29 is 4.74 Å². The van der Waals surface area contributed by atoms with Crippen molar-refractivity contribution in [1.82, 2.24) is 10.2 Å². The van der Waals surface area contributed by atoms with Gasteiger partial charge in [-0.15, -0.1) is 0 Å². The zero-order valence-corrected chi connectivity index (χ0v) is 10.6. The zero-order chi connectivity index (χ0) is 11.8. The van der Waals surface area contributed by atoms with Crippen LogP contribution in [-0.2, 0) is 6.42 Å². The number of hydrogen-bond acceptors (Lipinski definition) is 3. The van der Waals surface area contributed by atoms with E-state index in [9.17, 15) is 0 Å². The average Bonchev–Trinajstić information content (AvgIpc) is 2.68. The topological polar surface area (TPSA) is 24.5 Å². The maximum Gasteiger partial charge on any atom is 0.123 e. The molecule has 2 aliphatic heterocycles. The normalized spacial score (nSPS) is 28.8. The fraction of sp³-hybridized carbons (Fsp3) is 0.571. The van der Waals surface area contributed by atoms with Crippen molar-refractivity contribution in [3.05, 3.63) is 29.3 Å². The summed E-state index contributed by atoms with van der Waals surface area (Å²) in [5.74, 6) is 1.08. The van der Waals surface area contributed by atoms with Crippen LogP contribution in [0.15, 0.2) is 18.2 Å². The number of nitrogens with zero attached hydrogens (tertiary/aromatic N) is 1. The first kappa shape index (κ1) is 11.1. The second-order valence-corrected chi connectivity index (χ2v) is 5.20. The van der Waals surface area contributed by atoms with E-state index in [1.807, 2.05) is 0 Å². The third kappa shape index (κ3) is 2.05. The van der Waals surface area contributed by atoms with Crippen LogP contribution in [0.3, 0.4) is 0 Å². The molecule has 3 nitrogen and oxygen atoms in total. The first-order valence-electron chi connectivity index (χ1n) is 6.44. The zero-order valence-electron chi connectivity index (χ0n) is 10.6. The Bertz CT molecular complexity index is 419. The fourth-order valence-corrected chi connectivity index (χ4v) is 2.83. The summed E-state index contributed by atoms with van der Waals surface area (Å²) in [6.07, 6.45) is 1.38. The molecule has 0 amide bonds. The molecule has 1 N–H and O–H groups in total. The Kier molecular flexibility index (Phi) is 2.81. The predicted molar refractivity (Wildman–Crippen MR) is 68.5 cm³/mol. The highest BCUT2D eigenvalue weighted by Crippen LogP contribution is 2.32. The number of piperazine rings is 1. The highest BCUT2D eigenvalue weighted by atomic mass is 16.5. The molecule has 3 rings (SSSR count). The summed E-state index contributed by atoms with van der Waals surface area (Å²) in [7, 11) is 2.21. The van der Waals surface area contributed by atoms with Gasteiger partial charge >= 0.3 is 0 Å². The van der Waals surface area contributed by atoms with Crippen LogP contribution in [-0.4, -0.2) is 37.7 Å². The predicted octanol–water partition coefficient (Wildman–Crippen LogP) is 1.59. The minimum atomic E-state index is 0.336. The molecule has 1 aromatic carbocycles. The van der Waals surface area contributed by atoms with Gasteiger partial charge in [-0.05, 0) is 31.2 Å². The molecule has 2 heterocycles. The lowest BCUT2D eigenvalue weighted by molar-refractivity contribution is 0.202.